The fraction of sp³-hybridized carbons (Fsp3) is 0.625. The molecule has 3 heteroatoms. The second kappa shape index (κ2) is 6.28. The highest BCUT2D eigenvalue weighted by Crippen LogP contribution is 1.95. The minimum atomic E-state index is 0.904. The SMILES string of the molecule is C=CN(CCCS)C(C)=NC. The van der Waals surface area contributed by atoms with E-state index in [1.165, 1.54) is 0 Å². The van der Waals surface area contributed by atoms with Crippen molar-refractivity contribution >= 4 is 18.5 Å². The minimum Gasteiger partial charge on any atom is -0.338 e. The van der Waals surface area contributed by atoms with Crippen molar-refractivity contribution in [2.75, 3.05) is 19.3 Å². The summed E-state index contributed by atoms with van der Waals surface area (Å²) in [5.74, 6) is 1.91. The summed E-state index contributed by atoms with van der Waals surface area (Å²) in [6.07, 6.45) is 2.85. The monoisotopic (exact) mass is 172 g/mol. The number of amidine groups is 1. The number of rotatable bonds is 4. The Labute approximate surface area is 74.4 Å². The standard InChI is InChI=1S/C8H16N2S/c1-4-10(6-5-7-11)8(2)9-3/h4,11H,1,5-7H2,2-3H3. The molecule has 0 radical (unpaired) electrons. The highest BCUT2D eigenvalue weighted by molar-refractivity contribution is 7.80. The van der Waals surface area contributed by atoms with Gasteiger partial charge in [-0.15, -0.1) is 0 Å². The average molecular weight is 172 g/mol. The number of nitrogens with zero attached hydrogens (tertiary/aromatic N) is 2. The van der Waals surface area contributed by atoms with Crippen LogP contribution in [0.1, 0.15) is 13.3 Å². The van der Waals surface area contributed by atoms with Crippen LogP contribution < -0.4 is 0 Å². The highest BCUT2D eigenvalue weighted by atomic mass is 32.1. The Morgan fingerprint density at radius 3 is 2.73 bits per heavy atom. The van der Waals surface area contributed by atoms with E-state index >= 15 is 0 Å². The lowest BCUT2D eigenvalue weighted by molar-refractivity contribution is 0.549. The van der Waals surface area contributed by atoms with E-state index in [0.717, 1.165) is 24.6 Å². The number of aliphatic imine (C=N–C) groups is 1. The minimum absolute atomic E-state index is 0.904. The quantitative estimate of drug-likeness (QED) is 0.388. The van der Waals surface area contributed by atoms with Crippen molar-refractivity contribution in [3.05, 3.63) is 12.8 Å². The molecule has 0 N–H and O–H groups in total. The third-order valence-corrected chi connectivity index (χ3v) is 1.83. The van der Waals surface area contributed by atoms with Gasteiger partial charge in [0.15, 0.2) is 0 Å². The molecule has 0 aliphatic heterocycles. The number of hydrogen-bond donors (Lipinski definition) is 1. The lowest BCUT2D eigenvalue weighted by Gasteiger charge is -2.18. The fourth-order valence-electron chi connectivity index (χ4n) is 0.755. The molecule has 0 rings (SSSR count). The summed E-state index contributed by atoms with van der Waals surface area (Å²) in [5.41, 5.74) is 0. The topological polar surface area (TPSA) is 15.6 Å². The highest BCUT2D eigenvalue weighted by Gasteiger charge is 1.98. The first-order valence-corrected chi connectivity index (χ1v) is 4.33. The molecule has 0 saturated heterocycles. The van der Waals surface area contributed by atoms with Gasteiger partial charge in [-0.25, -0.2) is 0 Å². The van der Waals surface area contributed by atoms with Crippen LogP contribution in [0.25, 0.3) is 0 Å². The molecule has 0 amide bonds. The molecule has 0 fully saturated rings. The predicted octanol–water partition coefficient (Wildman–Crippen LogP) is 1.80. The molecule has 0 atom stereocenters. The first kappa shape index (κ1) is 10.6. The molecular weight excluding hydrogens is 156 g/mol. The summed E-state index contributed by atoms with van der Waals surface area (Å²) < 4.78 is 0. The molecule has 11 heavy (non-hydrogen) atoms. The Kier molecular flexibility index (Phi) is 6.03. The van der Waals surface area contributed by atoms with Gasteiger partial charge in [-0.05, 0) is 25.3 Å². The Morgan fingerprint density at radius 2 is 2.36 bits per heavy atom. The summed E-state index contributed by atoms with van der Waals surface area (Å²) in [6.45, 7) is 6.63. The van der Waals surface area contributed by atoms with Gasteiger partial charge in [-0.2, -0.15) is 12.6 Å². The van der Waals surface area contributed by atoms with Crippen LogP contribution in [0.4, 0.5) is 0 Å². The van der Waals surface area contributed by atoms with E-state index in [-0.39, 0.29) is 0 Å². The normalized spacial score (nSPS) is 11.4. The predicted molar refractivity (Wildman–Crippen MR) is 54.4 cm³/mol. The molecule has 0 bridgehead atoms. The van der Waals surface area contributed by atoms with Crippen molar-refractivity contribution in [2.45, 2.75) is 13.3 Å². The van der Waals surface area contributed by atoms with Crippen LogP contribution in [0.5, 0.6) is 0 Å². The zero-order valence-electron chi connectivity index (χ0n) is 7.25. The Bertz CT molecular complexity index is 143. The van der Waals surface area contributed by atoms with Crippen LogP contribution in [0.15, 0.2) is 17.8 Å². The molecule has 0 aromatic carbocycles. The van der Waals surface area contributed by atoms with Crippen molar-refractivity contribution in [1.82, 2.24) is 4.90 Å². The largest absolute Gasteiger partial charge is 0.338 e. The van der Waals surface area contributed by atoms with Crippen molar-refractivity contribution in [1.29, 1.82) is 0 Å². The van der Waals surface area contributed by atoms with Gasteiger partial charge < -0.3 is 4.90 Å². The van der Waals surface area contributed by atoms with E-state index < -0.39 is 0 Å². The van der Waals surface area contributed by atoms with Crippen molar-refractivity contribution in [3.63, 3.8) is 0 Å². The van der Waals surface area contributed by atoms with E-state index in [1.54, 1.807) is 13.2 Å². The molecule has 0 aromatic rings. The van der Waals surface area contributed by atoms with Crippen LogP contribution in [0, 0.1) is 0 Å². The van der Waals surface area contributed by atoms with Crippen LogP contribution >= 0.6 is 12.6 Å². The summed E-state index contributed by atoms with van der Waals surface area (Å²) in [4.78, 5) is 6.08. The molecular formula is C8H16N2S. The second-order valence-electron chi connectivity index (χ2n) is 2.22. The maximum absolute atomic E-state index is 4.13. The van der Waals surface area contributed by atoms with Crippen LogP contribution in [-0.4, -0.2) is 30.1 Å². The van der Waals surface area contributed by atoms with Gasteiger partial charge in [0.05, 0.1) is 5.84 Å². The molecule has 0 aliphatic carbocycles. The third kappa shape index (κ3) is 4.09. The lowest BCUT2D eigenvalue weighted by Crippen LogP contribution is -2.24. The van der Waals surface area contributed by atoms with Gasteiger partial charge in [-0.1, -0.05) is 6.58 Å². The summed E-state index contributed by atoms with van der Waals surface area (Å²) in [6, 6.07) is 0. The first-order valence-electron chi connectivity index (χ1n) is 3.69. The maximum atomic E-state index is 4.13. The lowest BCUT2D eigenvalue weighted by atomic mass is 10.4. The summed E-state index contributed by atoms with van der Waals surface area (Å²) >= 11 is 4.13. The van der Waals surface area contributed by atoms with Gasteiger partial charge in [0.25, 0.3) is 0 Å². The zero-order chi connectivity index (χ0) is 8.69. The molecule has 0 aromatic heterocycles. The Balaban J connectivity index is 3.85. The Morgan fingerprint density at radius 1 is 1.73 bits per heavy atom. The molecule has 2 nitrogen and oxygen atoms in total. The molecule has 0 unspecified atom stereocenters. The average Bonchev–Trinajstić information content (AvgIpc) is 2.05. The van der Waals surface area contributed by atoms with Gasteiger partial charge in [0, 0.05) is 13.6 Å². The molecule has 0 heterocycles. The van der Waals surface area contributed by atoms with Crippen LogP contribution in [-0.2, 0) is 0 Å². The van der Waals surface area contributed by atoms with E-state index in [1.807, 2.05) is 11.8 Å². The van der Waals surface area contributed by atoms with Gasteiger partial charge in [0.2, 0.25) is 0 Å². The number of hydrogen-bond acceptors (Lipinski definition) is 2. The number of thiol groups is 1. The van der Waals surface area contributed by atoms with E-state index in [0.29, 0.717) is 0 Å². The van der Waals surface area contributed by atoms with Crippen LogP contribution in [0.3, 0.4) is 0 Å². The smallest absolute Gasteiger partial charge is 0.0993 e. The van der Waals surface area contributed by atoms with Crippen LogP contribution in [0.2, 0.25) is 0 Å². The van der Waals surface area contributed by atoms with Gasteiger partial charge in [0.1, 0.15) is 0 Å². The van der Waals surface area contributed by atoms with Gasteiger partial charge in [-0.3, -0.25) is 4.99 Å². The Hall–Kier alpha value is -0.440. The van der Waals surface area contributed by atoms with Gasteiger partial charge >= 0.3 is 0 Å². The third-order valence-electron chi connectivity index (χ3n) is 1.52. The molecule has 0 aliphatic rings. The van der Waals surface area contributed by atoms with Crippen molar-refractivity contribution < 1.29 is 0 Å². The molecule has 0 saturated carbocycles. The van der Waals surface area contributed by atoms with E-state index in [9.17, 15) is 0 Å². The summed E-state index contributed by atoms with van der Waals surface area (Å²) in [5, 5.41) is 0. The second-order valence-corrected chi connectivity index (χ2v) is 2.67. The first-order chi connectivity index (χ1) is 5.26. The molecule has 64 valence electrons. The fourth-order valence-corrected chi connectivity index (χ4v) is 0.896. The van der Waals surface area contributed by atoms with Crippen molar-refractivity contribution in [3.8, 4) is 0 Å². The van der Waals surface area contributed by atoms with E-state index in [4.69, 9.17) is 0 Å². The summed E-state index contributed by atoms with van der Waals surface area (Å²) in [7, 11) is 1.78. The van der Waals surface area contributed by atoms with Crippen molar-refractivity contribution in [2.24, 2.45) is 4.99 Å². The maximum Gasteiger partial charge on any atom is 0.0993 e. The van der Waals surface area contributed by atoms with E-state index in [2.05, 4.69) is 24.2 Å². The molecule has 0 spiro atoms. The zero-order valence-corrected chi connectivity index (χ0v) is 8.14.